The van der Waals surface area contributed by atoms with Crippen molar-refractivity contribution in [2.75, 3.05) is 20.1 Å². The van der Waals surface area contributed by atoms with Crippen LogP contribution < -0.4 is 0 Å². The molecule has 10 heavy (non-hydrogen) atoms. The molecule has 0 N–H and O–H groups in total. The first-order valence-corrected chi connectivity index (χ1v) is 4.53. The summed E-state index contributed by atoms with van der Waals surface area (Å²) in [7, 11) is 2.47. The highest BCUT2D eigenvalue weighted by atomic mass is 15.5. The molecule has 0 bridgehead atoms. The van der Waals surface area contributed by atoms with Crippen LogP contribution in [0, 0.1) is 11.8 Å². The maximum absolute atomic E-state index is 2.47. The van der Waals surface area contributed by atoms with Crippen LogP contribution in [0.15, 0.2) is 0 Å². The molecule has 56 valence electrons. The van der Waals surface area contributed by atoms with Crippen LogP contribution in [-0.2, 0) is 0 Å². The van der Waals surface area contributed by atoms with Gasteiger partial charge in [0.1, 0.15) is 5.54 Å². The van der Waals surface area contributed by atoms with Crippen LogP contribution in [0.1, 0.15) is 19.8 Å². The molecule has 2 heterocycles. The minimum absolute atomic E-state index is 0.847. The zero-order chi connectivity index (χ0) is 6.98. The zero-order valence-electron chi connectivity index (χ0n) is 6.93. The van der Waals surface area contributed by atoms with E-state index < -0.39 is 0 Å². The summed E-state index contributed by atoms with van der Waals surface area (Å²) < 4.78 is 1.44. The summed E-state index contributed by atoms with van der Waals surface area (Å²) in [6, 6.07) is 0. The summed E-state index contributed by atoms with van der Waals surface area (Å²) in [5, 5.41) is 0. The van der Waals surface area contributed by atoms with E-state index in [0.717, 1.165) is 17.4 Å². The van der Waals surface area contributed by atoms with Crippen molar-refractivity contribution in [3.8, 4) is 0 Å². The molecule has 1 heteroatoms. The van der Waals surface area contributed by atoms with Gasteiger partial charge in [-0.2, -0.15) is 0 Å². The fourth-order valence-electron chi connectivity index (χ4n) is 3.78. The van der Waals surface area contributed by atoms with E-state index in [0.29, 0.717) is 0 Å². The van der Waals surface area contributed by atoms with Crippen molar-refractivity contribution < 1.29 is 4.48 Å². The molecule has 1 nitrogen and oxygen atoms in total. The van der Waals surface area contributed by atoms with Gasteiger partial charge < -0.3 is 4.48 Å². The van der Waals surface area contributed by atoms with Crippen LogP contribution in [0.2, 0.25) is 0 Å². The lowest BCUT2D eigenvalue weighted by Crippen LogP contribution is -2.62. The highest BCUT2D eigenvalue weighted by Gasteiger charge is 2.78. The van der Waals surface area contributed by atoms with Gasteiger partial charge in [-0.1, -0.05) is 6.92 Å². The highest BCUT2D eigenvalue weighted by molar-refractivity contribution is 5.15. The second kappa shape index (κ2) is 1.18. The minimum atomic E-state index is 0.847. The second-order valence-corrected chi connectivity index (χ2v) is 4.94. The smallest absolute Gasteiger partial charge is 0.109 e. The molecule has 0 aromatic carbocycles. The van der Waals surface area contributed by atoms with Crippen molar-refractivity contribution in [3.05, 3.63) is 0 Å². The normalized spacial score (nSPS) is 70.2. The Kier molecular flexibility index (Phi) is 0.658. The molecule has 0 amide bonds. The van der Waals surface area contributed by atoms with Gasteiger partial charge in [-0.15, -0.1) is 0 Å². The van der Waals surface area contributed by atoms with Gasteiger partial charge in [0.25, 0.3) is 0 Å². The predicted molar refractivity (Wildman–Crippen MR) is 40.5 cm³/mol. The predicted octanol–water partition coefficient (Wildman–Crippen LogP) is 1.25. The van der Waals surface area contributed by atoms with Crippen LogP contribution in [-0.4, -0.2) is 30.2 Å². The summed E-state index contributed by atoms with van der Waals surface area (Å²) in [6.45, 7) is 5.40. The summed E-state index contributed by atoms with van der Waals surface area (Å²) in [5.74, 6) is 2.17. The molecule has 1 saturated carbocycles. The van der Waals surface area contributed by atoms with Crippen molar-refractivity contribution in [1.29, 1.82) is 0 Å². The van der Waals surface area contributed by atoms with E-state index >= 15 is 0 Å². The van der Waals surface area contributed by atoms with E-state index in [-0.39, 0.29) is 0 Å². The van der Waals surface area contributed by atoms with E-state index in [1.54, 1.807) is 12.8 Å². The molecule has 3 fully saturated rings. The Balaban J connectivity index is 2.03. The number of hydrogen-bond acceptors (Lipinski definition) is 0. The number of piperidine rings is 1. The van der Waals surface area contributed by atoms with Crippen molar-refractivity contribution in [2.24, 2.45) is 11.8 Å². The first-order valence-electron chi connectivity index (χ1n) is 4.53. The lowest BCUT2D eigenvalue weighted by atomic mass is 9.97. The Morgan fingerprint density at radius 2 is 2.30 bits per heavy atom. The van der Waals surface area contributed by atoms with Crippen LogP contribution in [0.25, 0.3) is 0 Å². The molecular weight excluding hydrogens is 122 g/mol. The average Bonchev–Trinajstić information content (AvgIpc) is 2.57. The molecule has 1 aliphatic carbocycles. The molecule has 4 unspecified atom stereocenters. The molecule has 3 rings (SSSR count). The number of quaternary nitrogens is 1. The van der Waals surface area contributed by atoms with Crippen LogP contribution >= 0.6 is 0 Å². The molecule has 0 radical (unpaired) electrons. The van der Waals surface area contributed by atoms with E-state index in [1.807, 2.05) is 0 Å². The summed E-state index contributed by atoms with van der Waals surface area (Å²) in [6.07, 6.45) is 3.10. The Bertz CT molecular complexity index is 197. The van der Waals surface area contributed by atoms with Gasteiger partial charge in [0, 0.05) is 18.3 Å². The molecule has 0 aromatic rings. The van der Waals surface area contributed by atoms with Crippen molar-refractivity contribution in [1.82, 2.24) is 0 Å². The van der Waals surface area contributed by atoms with Gasteiger partial charge in [0.2, 0.25) is 0 Å². The maximum Gasteiger partial charge on any atom is 0.109 e. The summed E-state index contributed by atoms with van der Waals surface area (Å²) in [5.41, 5.74) is 0.847. The summed E-state index contributed by atoms with van der Waals surface area (Å²) in [4.78, 5) is 0. The average molecular weight is 138 g/mol. The van der Waals surface area contributed by atoms with E-state index in [2.05, 4.69) is 14.0 Å². The fourth-order valence-corrected chi connectivity index (χ4v) is 3.78. The van der Waals surface area contributed by atoms with E-state index in [9.17, 15) is 0 Å². The highest BCUT2D eigenvalue weighted by Crippen LogP contribution is 2.68. The maximum atomic E-state index is 2.47. The van der Waals surface area contributed by atoms with Crippen LogP contribution in [0.3, 0.4) is 0 Å². The van der Waals surface area contributed by atoms with E-state index in [1.165, 1.54) is 17.6 Å². The Hall–Kier alpha value is -0.0400. The third kappa shape index (κ3) is 0.334. The fraction of sp³-hybridized carbons (Fsp3) is 1.00. The molecule has 1 spiro atoms. The van der Waals surface area contributed by atoms with Crippen molar-refractivity contribution in [2.45, 2.75) is 25.3 Å². The third-order valence-electron chi connectivity index (χ3n) is 4.59. The lowest BCUT2D eigenvalue weighted by Gasteiger charge is -2.48. The van der Waals surface area contributed by atoms with E-state index in [4.69, 9.17) is 0 Å². The second-order valence-electron chi connectivity index (χ2n) is 4.94. The number of nitrogens with zero attached hydrogens (tertiary/aromatic N) is 1. The molecule has 3 aliphatic rings. The number of hydrogen-bond donors (Lipinski definition) is 0. The van der Waals surface area contributed by atoms with Gasteiger partial charge in [0.05, 0.1) is 26.6 Å². The third-order valence-corrected chi connectivity index (χ3v) is 4.59. The SMILES string of the molecule is CC1C[N+]2(C)CCC23CC13. The van der Waals surface area contributed by atoms with Crippen molar-refractivity contribution in [3.63, 3.8) is 0 Å². The van der Waals surface area contributed by atoms with Crippen LogP contribution in [0.5, 0.6) is 0 Å². The summed E-state index contributed by atoms with van der Waals surface area (Å²) >= 11 is 0. The molecule has 4 atom stereocenters. The minimum Gasteiger partial charge on any atom is -0.320 e. The molecule has 2 saturated heterocycles. The van der Waals surface area contributed by atoms with Gasteiger partial charge in [0.15, 0.2) is 0 Å². The molecular formula is C9H16N+. The van der Waals surface area contributed by atoms with Crippen LogP contribution in [0.4, 0.5) is 0 Å². The monoisotopic (exact) mass is 138 g/mol. The van der Waals surface area contributed by atoms with Gasteiger partial charge >= 0.3 is 0 Å². The van der Waals surface area contributed by atoms with Gasteiger partial charge in [-0.3, -0.25) is 0 Å². The topological polar surface area (TPSA) is 0 Å². The Morgan fingerprint density at radius 1 is 1.50 bits per heavy atom. The van der Waals surface area contributed by atoms with Gasteiger partial charge in [-0.25, -0.2) is 0 Å². The lowest BCUT2D eigenvalue weighted by molar-refractivity contribution is -0.977. The molecule has 0 aromatic heterocycles. The Labute approximate surface area is 62.6 Å². The Morgan fingerprint density at radius 3 is 2.50 bits per heavy atom. The number of rotatable bonds is 0. The van der Waals surface area contributed by atoms with Crippen molar-refractivity contribution >= 4 is 0 Å². The zero-order valence-corrected chi connectivity index (χ0v) is 6.93. The first kappa shape index (κ1) is 5.59. The van der Waals surface area contributed by atoms with Gasteiger partial charge in [-0.05, 0) is 0 Å². The quantitative estimate of drug-likeness (QED) is 0.442. The first-order chi connectivity index (χ1) is 4.68. The largest absolute Gasteiger partial charge is 0.320 e. The standard InChI is InChI=1S/C9H16N/c1-7-6-10(2)4-3-9(10)5-8(7)9/h7-8H,3-6H2,1-2H3/q+1. The molecule has 2 aliphatic heterocycles.